The van der Waals surface area contributed by atoms with E-state index in [-0.39, 0.29) is 17.6 Å². The summed E-state index contributed by atoms with van der Waals surface area (Å²) in [4.78, 5) is 18.5. The Hall–Kier alpha value is -3.21. The zero-order chi connectivity index (χ0) is 16.3. The second-order valence-electron chi connectivity index (χ2n) is 6.15. The van der Waals surface area contributed by atoms with Crippen LogP contribution in [0.3, 0.4) is 0 Å². The number of fused-ring (bicyclic) bond motifs is 4. The van der Waals surface area contributed by atoms with Gasteiger partial charge in [0.15, 0.2) is 0 Å². The molecule has 0 fully saturated rings. The molecule has 118 valence electrons. The summed E-state index contributed by atoms with van der Waals surface area (Å²) in [5.74, 6) is -0.0446. The molecule has 0 bridgehead atoms. The number of imidazole rings is 1. The van der Waals surface area contributed by atoms with Crippen molar-refractivity contribution in [2.45, 2.75) is 12.5 Å². The Balaban J connectivity index is 1.88. The van der Waals surface area contributed by atoms with Crippen LogP contribution in [0, 0.1) is 0 Å². The van der Waals surface area contributed by atoms with Crippen LogP contribution in [0.25, 0.3) is 10.9 Å². The molecule has 5 heteroatoms. The first-order valence-corrected chi connectivity index (χ1v) is 7.91. The Bertz CT molecular complexity index is 1120. The molecule has 0 saturated carbocycles. The zero-order valence-corrected chi connectivity index (χ0v) is 12.8. The Morgan fingerprint density at radius 1 is 1.00 bits per heavy atom. The van der Waals surface area contributed by atoms with E-state index in [0.29, 0.717) is 12.1 Å². The Labute approximate surface area is 137 Å². The second kappa shape index (κ2) is 4.64. The van der Waals surface area contributed by atoms with Crippen LogP contribution in [0.1, 0.15) is 28.6 Å². The van der Waals surface area contributed by atoms with E-state index in [2.05, 4.69) is 16.0 Å². The van der Waals surface area contributed by atoms with Crippen LogP contribution >= 0.6 is 0 Å². The highest BCUT2D eigenvalue weighted by Crippen LogP contribution is 2.39. The van der Waals surface area contributed by atoms with Crippen molar-refractivity contribution < 1.29 is 5.11 Å². The van der Waals surface area contributed by atoms with Gasteiger partial charge in [0.1, 0.15) is 6.04 Å². The maximum absolute atomic E-state index is 12.4. The summed E-state index contributed by atoms with van der Waals surface area (Å²) in [5.41, 5.74) is 4.54. The van der Waals surface area contributed by atoms with Crippen LogP contribution in [-0.4, -0.2) is 19.6 Å². The van der Waals surface area contributed by atoms with Crippen LogP contribution in [-0.2, 0) is 6.42 Å². The van der Waals surface area contributed by atoms with E-state index in [4.69, 9.17) is 0 Å². The van der Waals surface area contributed by atoms with Gasteiger partial charge < -0.3 is 10.1 Å². The number of aromatic amines is 2. The average Bonchev–Trinajstić information content (AvgIpc) is 3.12. The minimum absolute atomic E-state index is 0.0446. The molecule has 2 aromatic heterocycles. The van der Waals surface area contributed by atoms with Gasteiger partial charge in [-0.3, -0.25) is 9.55 Å². The van der Waals surface area contributed by atoms with Crippen LogP contribution in [0.4, 0.5) is 0 Å². The number of nitrogens with zero attached hydrogens (tertiary/aromatic N) is 1. The van der Waals surface area contributed by atoms with Crippen molar-refractivity contribution in [3.05, 3.63) is 87.6 Å². The molecule has 0 radical (unpaired) electrons. The number of nitrogens with one attached hydrogen (secondary N) is 2. The van der Waals surface area contributed by atoms with Gasteiger partial charge in [-0.2, -0.15) is 0 Å². The molecule has 0 saturated heterocycles. The van der Waals surface area contributed by atoms with Gasteiger partial charge in [0.2, 0.25) is 5.88 Å². The highest BCUT2D eigenvalue weighted by atomic mass is 16.3. The van der Waals surface area contributed by atoms with Gasteiger partial charge in [-0.15, -0.1) is 0 Å². The predicted octanol–water partition coefficient (Wildman–Crippen LogP) is 2.91. The molecule has 5 rings (SSSR count). The van der Waals surface area contributed by atoms with Crippen molar-refractivity contribution in [1.29, 1.82) is 0 Å². The number of rotatable bonds is 1. The summed E-state index contributed by atoms with van der Waals surface area (Å²) >= 11 is 0. The highest BCUT2D eigenvalue weighted by Gasteiger charge is 2.33. The fraction of sp³-hybridized carbons (Fsp3) is 0.105. The fourth-order valence-corrected chi connectivity index (χ4v) is 3.80. The summed E-state index contributed by atoms with van der Waals surface area (Å²) in [6.07, 6.45) is 0.521. The largest absolute Gasteiger partial charge is 0.493 e. The van der Waals surface area contributed by atoms with E-state index in [0.717, 1.165) is 27.7 Å². The quantitative estimate of drug-likeness (QED) is 0.445. The van der Waals surface area contributed by atoms with E-state index >= 15 is 0 Å². The fourth-order valence-electron chi connectivity index (χ4n) is 3.80. The van der Waals surface area contributed by atoms with Gasteiger partial charge in [-0.05, 0) is 17.2 Å². The molecule has 1 atom stereocenters. The topological polar surface area (TPSA) is 73.8 Å². The summed E-state index contributed by atoms with van der Waals surface area (Å²) in [6.45, 7) is 0. The van der Waals surface area contributed by atoms with Gasteiger partial charge in [-0.25, -0.2) is 4.79 Å². The molecule has 3 heterocycles. The van der Waals surface area contributed by atoms with Crippen molar-refractivity contribution in [2.75, 3.05) is 0 Å². The molecule has 3 N–H and O–H groups in total. The first-order valence-electron chi connectivity index (χ1n) is 7.91. The SMILES string of the molecule is O=c1[nH]c(O)c2n1C(c1ccccc1)c1[nH]c3ccccc3c1C2. The number of H-pyrrole nitrogens is 2. The molecule has 1 aliphatic rings. The lowest BCUT2D eigenvalue weighted by Crippen LogP contribution is -2.29. The smallest absolute Gasteiger partial charge is 0.329 e. The predicted molar refractivity (Wildman–Crippen MR) is 91.5 cm³/mol. The minimum Gasteiger partial charge on any atom is -0.493 e. The van der Waals surface area contributed by atoms with Crippen LogP contribution in [0.15, 0.2) is 59.4 Å². The highest BCUT2D eigenvalue weighted by molar-refractivity contribution is 5.85. The zero-order valence-electron chi connectivity index (χ0n) is 12.8. The van der Waals surface area contributed by atoms with Crippen molar-refractivity contribution in [1.82, 2.24) is 14.5 Å². The molecule has 5 nitrogen and oxygen atoms in total. The molecule has 1 aliphatic heterocycles. The summed E-state index contributed by atoms with van der Waals surface area (Å²) in [5, 5.41) is 11.3. The van der Waals surface area contributed by atoms with Crippen molar-refractivity contribution >= 4 is 10.9 Å². The lowest BCUT2D eigenvalue weighted by Gasteiger charge is -2.25. The lowest BCUT2D eigenvalue weighted by molar-refractivity contribution is 0.445. The van der Waals surface area contributed by atoms with E-state index in [1.165, 1.54) is 0 Å². The number of para-hydroxylation sites is 1. The van der Waals surface area contributed by atoms with Gasteiger partial charge in [0.25, 0.3) is 0 Å². The molecular weight excluding hydrogens is 302 g/mol. The number of aromatic nitrogens is 3. The van der Waals surface area contributed by atoms with Crippen molar-refractivity contribution in [2.24, 2.45) is 0 Å². The molecule has 0 spiro atoms. The number of benzene rings is 2. The minimum atomic E-state index is -0.291. The molecule has 2 aromatic carbocycles. The van der Waals surface area contributed by atoms with Crippen molar-refractivity contribution in [3.8, 4) is 5.88 Å². The molecule has 0 amide bonds. The van der Waals surface area contributed by atoms with Gasteiger partial charge in [0.05, 0.1) is 5.69 Å². The number of hydrogen-bond acceptors (Lipinski definition) is 2. The Morgan fingerprint density at radius 2 is 1.75 bits per heavy atom. The third-order valence-corrected chi connectivity index (χ3v) is 4.85. The van der Waals surface area contributed by atoms with Crippen LogP contribution in [0.5, 0.6) is 5.88 Å². The lowest BCUT2D eigenvalue weighted by atomic mass is 9.93. The van der Waals surface area contributed by atoms with Crippen molar-refractivity contribution in [3.63, 3.8) is 0 Å². The van der Waals surface area contributed by atoms with E-state index in [1.807, 2.05) is 48.5 Å². The molecule has 4 aromatic rings. The standard InChI is InChI=1S/C19H15N3O2/c23-18-15-10-13-12-8-4-5-9-14(12)20-16(13)17(22(15)19(24)21-18)11-6-2-1-3-7-11/h1-9,17,20,23H,10H2,(H,21,24). The summed E-state index contributed by atoms with van der Waals surface area (Å²) in [6, 6.07) is 17.7. The summed E-state index contributed by atoms with van der Waals surface area (Å²) in [7, 11) is 0. The van der Waals surface area contributed by atoms with Crippen LogP contribution in [0.2, 0.25) is 0 Å². The Morgan fingerprint density at radius 3 is 2.58 bits per heavy atom. The Kier molecular flexibility index (Phi) is 2.56. The summed E-state index contributed by atoms with van der Waals surface area (Å²) < 4.78 is 1.66. The molecule has 24 heavy (non-hydrogen) atoms. The maximum atomic E-state index is 12.4. The third-order valence-electron chi connectivity index (χ3n) is 4.85. The van der Waals surface area contributed by atoms with Gasteiger partial charge in [0, 0.05) is 23.0 Å². The first-order chi connectivity index (χ1) is 11.7. The number of aromatic hydroxyl groups is 1. The van der Waals surface area contributed by atoms with Gasteiger partial charge >= 0.3 is 5.69 Å². The van der Waals surface area contributed by atoms with E-state index in [9.17, 15) is 9.90 Å². The first kappa shape index (κ1) is 13.2. The molecule has 1 unspecified atom stereocenters. The molecule has 0 aliphatic carbocycles. The third kappa shape index (κ3) is 1.66. The maximum Gasteiger partial charge on any atom is 0.329 e. The van der Waals surface area contributed by atoms with E-state index in [1.54, 1.807) is 4.57 Å². The monoisotopic (exact) mass is 317 g/mol. The van der Waals surface area contributed by atoms with Crippen LogP contribution < -0.4 is 5.69 Å². The number of hydrogen-bond donors (Lipinski definition) is 3. The average molecular weight is 317 g/mol. The van der Waals surface area contributed by atoms with Gasteiger partial charge in [-0.1, -0.05) is 48.5 Å². The van der Waals surface area contributed by atoms with E-state index < -0.39 is 0 Å². The molecular formula is C19H15N3O2. The normalized spacial score (nSPS) is 16.1. The second-order valence-corrected chi connectivity index (χ2v) is 6.15.